The van der Waals surface area contributed by atoms with Crippen LogP contribution in [0.25, 0.3) is 0 Å². The zero-order chi connectivity index (χ0) is 18.3. The Morgan fingerprint density at radius 2 is 1.72 bits per heavy atom. The number of carbonyl (C=O) groups is 4. The van der Waals surface area contributed by atoms with Gasteiger partial charge in [0.05, 0.1) is 16.7 Å². The first-order valence-electron chi connectivity index (χ1n) is 7.58. The number of rotatable bonds is 4. The van der Waals surface area contributed by atoms with Gasteiger partial charge in [0, 0.05) is 5.69 Å². The standard InChI is InChI=1S/C17H15N3O5/c1-3-9-12(14(18)21)8(2)19-13(9)17(24)25-20-15(22)10-6-4-5-7-11(10)16(20)23/h4-7,19H,3H2,1-2H3,(H2,18,21). The zero-order valence-corrected chi connectivity index (χ0v) is 13.6. The Morgan fingerprint density at radius 3 is 2.20 bits per heavy atom. The number of fused-ring (bicyclic) bond motifs is 1. The number of aromatic amines is 1. The van der Waals surface area contributed by atoms with Crippen molar-refractivity contribution in [1.29, 1.82) is 0 Å². The molecule has 3 N–H and O–H groups in total. The minimum absolute atomic E-state index is 0.00893. The summed E-state index contributed by atoms with van der Waals surface area (Å²) >= 11 is 0. The number of aromatic nitrogens is 1. The fourth-order valence-electron chi connectivity index (χ4n) is 2.92. The van der Waals surface area contributed by atoms with Crippen LogP contribution >= 0.6 is 0 Å². The van der Waals surface area contributed by atoms with E-state index in [1.807, 2.05) is 0 Å². The molecule has 0 fully saturated rings. The van der Waals surface area contributed by atoms with Gasteiger partial charge < -0.3 is 15.6 Å². The van der Waals surface area contributed by atoms with Crippen molar-refractivity contribution in [1.82, 2.24) is 10.0 Å². The molecule has 0 aliphatic carbocycles. The third-order valence-electron chi connectivity index (χ3n) is 4.03. The molecule has 0 saturated carbocycles. The highest BCUT2D eigenvalue weighted by atomic mass is 16.7. The summed E-state index contributed by atoms with van der Waals surface area (Å²) in [6.07, 6.45) is 0.342. The van der Waals surface area contributed by atoms with E-state index in [1.165, 1.54) is 12.1 Å². The highest BCUT2D eigenvalue weighted by molar-refractivity contribution is 6.21. The smallest absolute Gasteiger partial charge is 0.366 e. The lowest BCUT2D eigenvalue weighted by Gasteiger charge is -2.12. The summed E-state index contributed by atoms with van der Waals surface area (Å²) < 4.78 is 0. The maximum Gasteiger partial charge on any atom is 0.380 e. The molecular formula is C17H15N3O5. The van der Waals surface area contributed by atoms with Crippen LogP contribution in [0.4, 0.5) is 0 Å². The maximum absolute atomic E-state index is 12.5. The van der Waals surface area contributed by atoms with Crippen molar-refractivity contribution in [2.45, 2.75) is 20.3 Å². The Morgan fingerprint density at radius 1 is 1.16 bits per heavy atom. The molecule has 1 aromatic carbocycles. The van der Waals surface area contributed by atoms with Gasteiger partial charge in [-0.3, -0.25) is 14.4 Å². The molecule has 1 aliphatic heterocycles. The van der Waals surface area contributed by atoms with E-state index in [2.05, 4.69) is 4.98 Å². The summed E-state index contributed by atoms with van der Waals surface area (Å²) in [5.41, 5.74) is 6.66. The SMILES string of the molecule is CCc1c(C(=O)ON2C(=O)c3ccccc3C2=O)[nH]c(C)c1C(N)=O. The molecule has 0 bridgehead atoms. The van der Waals surface area contributed by atoms with Crippen molar-refractivity contribution in [3.8, 4) is 0 Å². The Kier molecular flexibility index (Phi) is 3.88. The van der Waals surface area contributed by atoms with Gasteiger partial charge in [0.1, 0.15) is 5.69 Å². The number of benzene rings is 1. The minimum atomic E-state index is -0.943. The summed E-state index contributed by atoms with van der Waals surface area (Å²) in [5.74, 6) is -3.05. The van der Waals surface area contributed by atoms with E-state index in [9.17, 15) is 19.2 Å². The van der Waals surface area contributed by atoms with Crippen LogP contribution in [-0.4, -0.2) is 33.7 Å². The second-order valence-corrected chi connectivity index (χ2v) is 5.53. The average Bonchev–Trinajstić information content (AvgIpc) is 3.05. The predicted octanol–water partition coefficient (Wildman–Crippen LogP) is 1.35. The topological polar surface area (TPSA) is 123 Å². The zero-order valence-electron chi connectivity index (χ0n) is 13.6. The van der Waals surface area contributed by atoms with Crippen LogP contribution < -0.4 is 5.73 Å². The average molecular weight is 341 g/mol. The third-order valence-corrected chi connectivity index (χ3v) is 4.03. The molecular weight excluding hydrogens is 326 g/mol. The highest BCUT2D eigenvalue weighted by Gasteiger charge is 2.39. The molecule has 3 rings (SSSR count). The summed E-state index contributed by atoms with van der Waals surface area (Å²) in [6, 6.07) is 6.17. The molecule has 1 aliphatic rings. The second kappa shape index (κ2) is 5.90. The number of H-pyrrole nitrogens is 1. The highest BCUT2D eigenvalue weighted by Crippen LogP contribution is 2.25. The number of nitrogens with one attached hydrogen (secondary N) is 1. The van der Waals surface area contributed by atoms with Gasteiger partial charge in [-0.15, -0.1) is 0 Å². The molecule has 1 aromatic heterocycles. The fraction of sp³-hybridized carbons (Fsp3) is 0.176. The molecule has 0 unspecified atom stereocenters. The first-order valence-corrected chi connectivity index (χ1v) is 7.58. The van der Waals surface area contributed by atoms with E-state index < -0.39 is 23.7 Å². The van der Waals surface area contributed by atoms with Crippen LogP contribution in [0.5, 0.6) is 0 Å². The van der Waals surface area contributed by atoms with Gasteiger partial charge in [0.15, 0.2) is 0 Å². The monoisotopic (exact) mass is 341 g/mol. The normalized spacial score (nSPS) is 13.1. The van der Waals surface area contributed by atoms with Crippen LogP contribution in [-0.2, 0) is 11.3 Å². The number of nitrogens with two attached hydrogens (primary N) is 1. The minimum Gasteiger partial charge on any atom is -0.366 e. The first-order chi connectivity index (χ1) is 11.9. The molecule has 0 spiro atoms. The molecule has 3 amide bonds. The van der Waals surface area contributed by atoms with E-state index in [0.29, 0.717) is 22.7 Å². The molecule has 25 heavy (non-hydrogen) atoms. The van der Waals surface area contributed by atoms with Gasteiger partial charge in [0.2, 0.25) is 0 Å². The van der Waals surface area contributed by atoms with Crippen molar-refractivity contribution < 1.29 is 24.0 Å². The molecule has 8 nitrogen and oxygen atoms in total. The number of aryl methyl sites for hydroxylation is 1. The summed E-state index contributed by atoms with van der Waals surface area (Å²) in [6.45, 7) is 3.34. The van der Waals surface area contributed by atoms with Crippen molar-refractivity contribution in [2.75, 3.05) is 0 Å². The van der Waals surface area contributed by atoms with E-state index in [0.717, 1.165) is 0 Å². The molecule has 0 saturated heterocycles. The van der Waals surface area contributed by atoms with Gasteiger partial charge in [0.25, 0.3) is 17.7 Å². The number of hydroxylamine groups is 2. The lowest BCUT2D eigenvalue weighted by atomic mass is 10.1. The number of amides is 3. The Labute approximate surface area is 142 Å². The van der Waals surface area contributed by atoms with Crippen LogP contribution in [0.2, 0.25) is 0 Å². The van der Waals surface area contributed by atoms with Gasteiger partial charge in [-0.1, -0.05) is 24.1 Å². The van der Waals surface area contributed by atoms with Gasteiger partial charge in [-0.25, -0.2) is 4.79 Å². The second-order valence-electron chi connectivity index (χ2n) is 5.53. The van der Waals surface area contributed by atoms with Gasteiger partial charge in [-0.05, 0) is 31.0 Å². The molecule has 2 aromatic rings. The summed E-state index contributed by atoms with van der Waals surface area (Å²) in [5, 5.41) is 0.423. The lowest BCUT2D eigenvalue weighted by Crippen LogP contribution is -2.33. The third kappa shape index (κ3) is 2.47. The van der Waals surface area contributed by atoms with Crippen molar-refractivity contribution in [3.05, 3.63) is 57.9 Å². The number of nitrogens with zero attached hydrogens (tertiary/aromatic N) is 1. The number of carbonyl (C=O) groups excluding carboxylic acids is 4. The van der Waals surface area contributed by atoms with E-state index >= 15 is 0 Å². The molecule has 2 heterocycles. The van der Waals surface area contributed by atoms with E-state index in [1.54, 1.807) is 26.0 Å². The fourth-order valence-corrected chi connectivity index (χ4v) is 2.92. The number of hydrogen-bond acceptors (Lipinski definition) is 5. The summed E-state index contributed by atoms with van der Waals surface area (Å²) in [7, 11) is 0. The van der Waals surface area contributed by atoms with Crippen LogP contribution in [0.1, 0.15) is 59.7 Å². The van der Waals surface area contributed by atoms with Gasteiger partial charge in [-0.2, -0.15) is 0 Å². The predicted molar refractivity (Wildman–Crippen MR) is 85.8 cm³/mol. The largest absolute Gasteiger partial charge is 0.380 e. The number of primary amides is 1. The van der Waals surface area contributed by atoms with Crippen LogP contribution in [0, 0.1) is 6.92 Å². The van der Waals surface area contributed by atoms with Gasteiger partial charge >= 0.3 is 5.97 Å². The van der Waals surface area contributed by atoms with E-state index in [4.69, 9.17) is 10.6 Å². The molecule has 0 radical (unpaired) electrons. The number of imide groups is 1. The van der Waals surface area contributed by atoms with Crippen LogP contribution in [0.3, 0.4) is 0 Å². The Hall–Kier alpha value is -3.42. The summed E-state index contributed by atoms with van der Waals surface area (Å²) in [4.78, 5) is 56.3. The quantitative estimate of drug-likeness (QED) is 0.813. The molecule has 8 heteroatoms. The number of hydrogen-bond donors (Lipinski definition) is 2. The van der Waals surface area contributed by atoms with Crippen molar-refractivity contribution in [2.24, 2.45) is 5.73 Å². The maximum atomic E-state index is 12.5. The van der Waals surface area contributed by atoms with Crippen LogP contribution in [0.15, 0.2) is 24.3 Å². The van der Waals surface area contributed by atoms with Crippen molar-refractivity contribution in [3.63, 3.8) is 0 Å². The Bertz CT molecular complexity index is 893. The first kappa shape index (κ1) is 16.4. The van der Waals surface area contributed by atoms with E-state index in [-0.39, 0.29) is 22.4 Å². The Balaban J connectivity index is 1.92. The van der Waals surface area contributed by atoms with Crippen molar-refractivity contribution >= 4 is 23.7 Å². The molecule has 128 valence electrons. The molecule has 0 atom stereocenters. The lowest BCUT2D eigenvalue weighted by molar-refractivity contribution is -0.0588.